The van der Waals surface area contributed by atoms with Crippen molar-refractivity contribution < 1.29 is 18.9 Å². The molecule has 4 heteroatoms. The lowest BCUT2D eigenvalue weighted by molar-refractivity contribution is -0.0753. The third-order valence-corrected chi connectivity index (χ3v) is 2.86. The van der Waals surface area contributed by atoms with Crippen molar-refractivity contribution in [2.75, 3.05) is 13.2 Å². The first-order chi connectivity index (χ1) is 7.58. The van der Waals surface area contributed by atoms with Crippen molar-refractivity contribution in [1.29, 1.82) is 0 Å². The van der Waals surface area contributed by atoms with Gasteiger partial charge in [0.05, 0.1) is 25.4 Å². The van der Waals surface area contributed by atoms with Gasteiger partial charge in [-0.2, -0.15) is 0 Å². The molecule has 2 fully saturated rings. The molecule has 94 valence electrons. The van der Waals surface area contributed by atoms with Gasteiger partial charge in [0.15, 0.2) is 0 Å². The SMILES string of the molecule is CC(C)OC1CO[C@H]2C(OC(C)C)CO[C@@H]12. The van der Waals surface area contributed by atoms with Gasteiger partial charge in [-0.3, -0.25) is 0 Å². The lowest BCUT2D eigenvalue weighted by atomic mass is 10.1. The fraction of sp³-hybridized carbons (Fsp3) is 1.00. The molecule has 2 rings (SSSR count). The van der Waals surface area contributed by atoms with E-state index in [0.717, 1.165) is 0 Å². The Morgan fingerprint density at radius 2 is 1.19 bits per heavy atom. The summed E-state index contributed by atoms with van der Waals surface area (Å²) in [6.45, 7) is 9.36. The molecule has 0 bridgehead atoms. The highest BCUT2D eigenvalue weighted by Gasteiger charge is 2.49. The van der Waals surface area contributed by atoms with Crippen LogP contribution in [0.2, 0.25) is 0 Å². The summed E-state index contributed by atoms with van der Waals surface area (Å²) in [5, 5.41) is 0. The summed E-state index contributed by atoms with van der Waals surface area (Å²) in [4.78, 5) is 0. The monoisotopic (exact) mass is 230 g/mol. The summed E-state index contributed by atoms with van der Waals surface area (Å²) >= 11 is 0. The zero-order valence-corrected chi connectivity index (χ0v) is 10.5. The average Bonchev–Trinajstić information content (AvgIpc) is 2.70. The minimum atomic E-state index is 0.0474. The molecule has 0 aromatic rings. The first kappa shape index (κ1) is 12.3. The Kier molecular flexibility index (Phi) is 3.85. The van der Waals surface area contributed by atoms with Crippen LogP contribution in [0.4, 0.5) is 0 Å². The minimum absolute atomic E-state index is 0.0474. The highest BCUT2D eigenvalue weighted by molar-refractivity contribution is 4.96. The summed E-state index contributed by atoms with van der Waals surface area (Å²) in [5.41, 5.74) is 0. The zero-order chi connectivity index (χ0) is 11.7. The molecule has 0 N–H and O–H groups in total. The smallest absolute Gasteiger partial charge is 0.115 e. The molecule has 0 spiro atoms. The summed E-state index contributed by atoms with van der Waals surface area (Å²) in [6.07, 6.45) is 0.635. The summed E-state index contributed by atoms with van der Waals surface area (Å²) in [5.74, 6) is 0. The lowest BCUT2D eigenvalue weighted by Crippen LogP contribution is -2.35. The number of ether oxygens (including phenoxy) is 4. The summed E-state index contributed by atoms with van der Waals surface area (Å²) in [7, 11) is 0. The van der Waals surface area contributed by atoms with Gasteiger partial charge >= 0.3 is 0 Å². The van der Waals surface area contributed by atoms with Crippen molar-refractivity contribution in [1.82, 2.24) is 0 Å². The molecule has 0 aromatic carbocycles. The number of hydrogen-bond acceptors (Lipinski definition) is 4. The van der Waals surface area contributed by atoms with Gasteiger partial charge in [0.2, 0.25) is 0 Å². The van der Waals surface area contributed by atoms with Gasteiger partial charge in [0.1, 0.15) is 24.4 Å². The van der Waals surface area contributed by atoms with Crippen LogP contribution in [0.3, 0.4) is 0 Å². The molecule has 4 atom stereocenters. The maximum atomic E-state index is 5.77. The van der Waals surface area contributed by atoms with E-state index in [2.05, 4.69) is 0 Å². The molecule has 0 amide bonds. The third-order valence-electron chi connectivity index (χ3n) is 2.86. The largest absolute Gasteiger partial charge is 0.370 e. The van der Waals surface area contributed by atoms with Crippen molar-refractivity contribution in [3.05, 3.63) is 0 Å². The van der Waals surface area contributed by atoms with Crippen molar-refractivity contribution in [3.63, 3.8) is 0 Å². The van der Waals surface area contributed by atoms with Crippen molar-refractivity contribution in [3.8, 4) is 0 Å². The van der Waals surface area contributed by atoms with Crippen molar-refractivity contribution >= 4 is 0 Å². The zero-order valence-electron chi connectivity index (χ0n) is 10.5. The first-order valence-corrected chi connectivity index (χ1v) is 6.12. The number of hydrogen-bond donors (Lipinski definition) is 0. The molecule has 2 unspecified atom stereocenters. The van der Waals surface area contributed by atoms with Crippen LogP contribution in [0.5, 0.6) is 0 Å². The fourth-order valence-electron chi connectivity index (χ4n) is 2.36. The van der Waals surface area contributed by atoms with Crippen LogP contribution in [0.15, 0.2) is 0 Å². The van der Waals surface area contributed by atoms with E-state index < -0.39 is 0 Å². The van der Waals surface area contributed by atoms with E-state index in [0.29, 0.717) is 13.2 Å². The van der Waals surface area contributed by atoms with Crippen LogP contribution in [0, 0.1) is 0 Å². The second-order valence-corrected chi connectivity index (χ2v) is 5.04. The van der Waals surface area contributed by atoms with E-state index in [1.54, 1.807) is 0 Å². The van der Waals surface area contributed by atoms with Crippen LogP contribution < -0.4 is 0 Å². The molecular formula is C12H22O4. The molecule has 2 saturated heterocycles. The maximum absolute atomic E-state index is 5.77. The van der Waals surface area contributed by atoms with Gasteiger partial charge in [0, 0.05) is 0 Å². The Balaban J connectivity index is 1.90. The molecule has 0 aromatic heterocycles. The third kappa shape index (κ3) is 2.56. The maximum Gasteiger partial charge on any atom is 0.115 e. The van der Waals surface area contributed by atoms with E-state index in [-0.39, 0.29) is 36.6 Å². The fourth-order valence-corrected chi connectivity index (χ4v) is 2.36. The summed E-state index contributed by atoms with van der Waals surface area (Å²) < 4.78 is 23.0. The second kappa shape index (κ2) is 5.00. The van der Waals surface area contributed by atoms with Crippen LogP contribution in [-0.2, 0) is 18.9 Å². The number of fused-ring (bicyclic) bond motifs is 1. The molecule has 4 nitrogen and oxygen atoms in total. The van der Waals surface area contributed by atoms with Gasteiger partial charge in [-0.25, -0.2) is 0 Å². The highest BCUT2D eigenvalue weighted by Crippen LogP contribution is 2.31. The predicted molar refractivity (Wildman–Crippen MR) is 59.5 cm³/mol. The van der Waals surface area contributed by atoms with Crippen LogP contribution in [0.1, 0.15) is 27.7 Å². The van der Waals surface area contributed by atoms with Gasteiger partial charge < -0.3 is 18.9 Å². The van der Waals surface area contributed by atoms with E-state index in [1.807, 2.05) is 27.7 Å². The van der Waals surface area contributed by atoms with E-state index in [1.165, 1.54) is 0 Å². The molecule has 0 aliphatic carbocycles. The Labute approximate surface area is 97.2 Å². The van der Waals surface area contributed by atoms with Gasteiger partial charge in [-0.05, 0) is 27.7 Å². The van der Waals surface area contributed by atoms with Gasteiger partial charge in [-0.15, -0.1) is 0 Å². The predicted octanol–water partition coefficient (Wildman–Crippen LogP) is 1.37. The molecule has 0 saturated carbocycles. The topological polar surface area (TPSA) is 36.9 Å². The molecular weight excluding hydrogens is 208 g/mol. The van der Waals surface area contributed by atoms with Gasteiger partial charge in [0.25, 0.3) is 0 Å². The Morgan fingerprint density at radius 1 is 0.812 bits per heavy atom. The van der Waals surface area contributed by atoms with Crippen molar-refractivity contribution in [2.45, 2.75) is 64.3 Å². The quantitative estimate of drug-likeness (QED) is 0.731. The second-order valence-electron chi connectivity index (χ2n) is 5.04. The lowest BCUT2D eigenvalue weighted by Gasteiger charge is -2.19. The Morgan fingerprint density at radius 3 is 1.50 bits per heavy atom. The van der Waals surface area contributed by atoms with Crippen molar-refractivity contribution in [2.24, 2.45) is 0 Å². The molecule has 2 aliphatic rings. The van der Waals surface area contributed by atoms with E-state index in [9.17, 15) is 0 Å². The molecule has 0 radical (unpaired) electrons. The van der Waals surface area contributed by atoms with E-state index >= 15 is 0 Å². The average molecular weight is 230 g/mol. The van der Waals surface area contributed by atoms with E-state index in [4.69, 9.17) is 18.9 Å². The number of rotatable bonds is 4. The van der Waals surface area contributed by atoms with Gasteiger partial charge in [-0.1, -0.05) is 0 Å². The minimum Gasteiger partial charge on any atom is -0.370 e. The molecule has 2 heterocycles. The standard InChI is InChI=1S/C12H22O4/c1-7(2)15-9-5-13-12-10(16-8(3)4)6-14-11(9)12/h7-12H,5-6H2,1-4H3/t9?,10?,11-,12-/m0/s1. The molecule has 2 aliphatic heterocycles. The Bertz CT molecular complexity index is 205. The molecule has 16 heavy (non-hydrogen) atoms. The summed E-state index contributed by atoms with van der Waals surface area (Å²) in [6, 6.07) is 0. The first-order valence-electron chi connectivity index (χ1n) is 6.12. The normalized spacial score (nSPS) is 38.6. The van der Waals surface area contributed by atoms with Crippen LogP contribution in [0.25, 0.3) is 0 Å². The van der Waals surface area contributed by atoms with Crippen LogP contribution in [-0.4, -0.2) is 49.8 Å². The Hall–Kier alpha value is -0.160. The highest BCUT2D eigenvalue weighted by atomic mass is 16.6. The van der Waals surface area contributed by atoms with Crippen LogP contribution >= 0.6 is 0 Å².